The van der Waals surface area contributed by atoms with Crippen molar-refractivity contribution in [1.82, 2.24) is 4.90 Å². The molecule has 1 fully saturated rings. The van der Waals surface area contributed by atoms with Crippen molar-refractivity contribution < 1.29 is 0 Å². The molecule has 2 heteroatoms. The van der Waals surface area contributed by atoms with Crippen LogP contribution in [0, 0.1) is 0 Å². The fraction of sp³-hybridized carbons (Fsp3) is 0.217. The third kappa shape index (κ3) is 3.17. The van der Waals surface area contributed by atoms with Gasteiger partial charge in [-0.3, -0.25) is 4.90 Å². The summed E-state index contributed by atoms with van der Waals surface area (Å²) in [6.07, 6.45) is 6.52. The van der Waals surface area contributed by atoms with E-state index in [0.29, 0.717) is 0 Å². The first kappa shape index (κ1) is 16.6. The van der Waals surface area contributed by atoms with Crippen LogP contribution in [0.5, 0.6) is 0 Å². The van der Waals surface area contributed by atoms with Crippen LogP contribution in [0.3, 0.4) is 0 Å². The van der Waals surface area contributed by atoms with Crippen LogP contribution in [0.1, 0.15) is 35.1 Å². The number of fused-ring (bicyclic) bond motifs is 2. The molecule has 1 aliphatic carbocycles. The van der Waals surface area contributed by atoms with E-state index in [1.807, 2.05) is 6.08 Å². The number of benzene rings is 2. The SMILES string of the molecule is C=CCN1CCC(=C2c3ccccc3C=C(Br)c3ccccc32)CC1. The van der Waals surface area contributed by atoms with E-state index >= 15 is 0 Å². The van der Waals surface area contributed by atoms with Crippen molar-refractivity contribution in [2.45, 2.75) is 12.8 Å². The molecule has 4 rings (SSSR count). The lowest BCUT2D eigenvalue weighted by molar-refractivity contribution is 0.283. The van der Waals surface area contributed by atoms with E-state index in [-0.39, 0.29) is 0 Å². The number of piperidine rings is 1. The molecule has 2 aliphatic rings. The molecule has 25 heavy (non-hydrogen) atoms. The van der Waals surface area contributed by atoms with Gasteiger partial charge in [0.05, 0.1) is 0 Å². The lowest BCUT2D eigenvalue weighted by Crippen LogP contribution is -2.31. The highest BCUT2D eigenvalue weighted by atomic mass is 79.9. The Morgan fingerprint density at radius 2 is 1.56 bits per heavy atom. The molecule has 1 saturated heterocycles. The Balaban J connectivity index is 1.87. The minimum atomic E-state index is 0.989. The van der Waals surface area contributed by atoms with Gasteiger partial charge < -0.3 is 0 Å². The smallest absolute Gasteiger partial charge is 0.0260 e. The number of hydrogen-bond acceptors (Lipinski definition) is 1. The topological polar surface area (TPSA) is 3.24 Å². The number of likely N-dealkylation sites (tertiary alicyclic amines) is 1. The first-order valence-corrected chi connectivity index (χ1v) is 9.69. The largest absolute Gasteiger partial charge is 0.299 e. The van der Waals surface area contributed by atoms with Gasteiger partial charge in [-0.1, -0.05) is 76.1 Å². The lowest BCUT2D eigenvalue weighted by Gasteiger charge is -2.29. The minimum absolute atomic E-state index is 0.989. The van der Waals surface area contributed by atoms with Crippen molar-refractivity contribution in [2.75, 3.05) is 19.6 Å². The molecule has 0 unspecified atom stereocenters. The molecule has 0 saturated carbocycles. The molecule has 0 spiro atoms. The second-order valence-electron chi connectivity index (χ2n) is 6.69. The van der Waals surface area contributed by atoms with E-state index in [1.165, 1.54) is 27.8 Å². The molecule has 2 aromatic rings. The van der Waals surface area contributed by atoms with Crippen LogP contribution in [0.4, 0.5) is 0 Å². The first-order chi connectivity index (χ1) is 12.3. The third-order valence-corrected chi connectivity index (χ3v) is 5.82. The quantitative estimate of drug-likeness (QED) is 0.569. The summed E-state index contributed by atoms with van der Waals surface area (Å²) in [4.78, 5) is 2.49. The molecule has 0 aromatic heterocycles. The monoisotopic (exact) mass is 391 g/mol. The fourth-order valence-electron chi connectivity index (χ4n) is 3.94. The van der Waals surface area contributed by atoms with Crippen molar-refractivity contribution >= 4 is 32.1 Å². The van der Waals surface area contributed by atoms with Gasteiger partial charge in [-0.05, 0) is 46.7 Å². The summed E-state index contributed by atoms with van der Waals surface area (Å²) in [5.74, 6) is 0. The highest BCUT2D eigenvalue weighted by molar-refractivity contribution is 9.15. The molecule has 0 atom stereocenters. The van der Waals surface area contributed by atoms with E-state index in [4.69, 9.17) is 0 Å². The molecular formula is C23H22BrN. The van der Waals surface area contributed by atoms with Gasteiger partial charge in [-0.2, -0.15) is 0 Å². The summed E-state index contributed by atoms with van der Waals surface area (Å²) in [5.41, 5.74) is 8.31. The molecular weight excluding hydrogens is 370 g/mol. The summed E-state index contributed by atoms with van der Waals surface area (Å²) in [6, 6.07) is 17.5. The van der Waals surface area contributed by atoms with Gasteiger partial charge in [0.2, 0.25) is 0 Å². The first-order valence-electron chi connectivity index (χ1n) is 8.89. The average molecular weight is 392 g/mol. The van der Waals surface area contributed by atoms with Gasteiger partial charge in [0.25, 0.3) is 0 Å². The van der Waals surface area contributed by atoms with Crippen molar-refractivity contribution in [3.63, 3.8) is 0 Å². The Bertz CT molecular complexity index is 865. The van der Waals surface area contributed by atoms with Crippen molar-refractivity contribution in [1.29, 1.82) is 0 Å². The second-order valence-corrected chi connectivity index (χ2v) is 7.55. The zero-order chi connectivity index (χ0) is 17.2. The van der Waals surface area contributed by atoms with Crippen LogP contribution in [0.25, 0.3) is 16.1 Å². The Morgan fingerprint density at radius 3 is 2.28 bits per heavy atom. The van der Waals surface area contributed by atoms with Gasteiger partial charge in [0, 0.05) is 24.1 Å². The highest BCUT2D eigenvalue weighted by Crippen LogP contribution is 2.42. The van der Waals surface area contributed by atoms with Gasteiger partial charge in [0.15, 0.2) is 0 Å². The van der Waals surface area contributed by atoms with Gasteiger partial charge in [0.1, 0.15) is 0 Å². The second kappa shape index (κ2) is 7.15. The molecule has 0 N–H and O–H groups in total. The summed E-state index contributed by atoms with van der Waals surface area (Å²) < 4.78 is 1.16. The summed E-state index contributed by atoms with van der Waals surface area (Å²) in [6.45, 7) is 7.10. The Morgan fingerprint density at radius 1 is 0.920 bits per heavy atom. The lowest BCUT2D eigenvalue weighted by atomic mass is 9.86. The van der Waals surface area contributed by atoms with Crippen molar-refractivity contribution in [2.24, 2.45) is 0 Å². The zero-order valence-electron chi connectivity index (χ0n) is 14.3. The predicted octanol–water partition coefficient (Wildman–Crippen LogP) is 5.98. The molecule has 126 valence electrons. The molecule has 0 bridgehead atoms. The van der Waals surface area contributed by atoms with Crippen LogP contribution < -0.4 is 0 Å². The molecule has 2 aromatic carbocycles. The zero-order valence-corrected chi connectivity index (χ0v) is 15.9. The van der Waals surface area contributed by atoms with Gasteiger partial charge in [-0.25, -0.2) is 0 Å². The summed E-state index contributed by atoms with van der Waals surface area (Å²) >= 11 is 3.81. The van der Waals surface area contributed by atoms with E-state index in [0.717, 1.165) is 37.0 Å². The van der Waals surface area contributed by atoms with Gasteiger partial charge >= 0.3 is 0 Å². The van der Waals surface area contributed by atoms with Gasteiger partial charge in [-0.15, -0.1) is 6.58 Å². The standard InChI is InChI=1S/C23H22BrN/c1-2-13-25-14-11-17(12-15-25)23-19-8-4-3-7-18(19)16-22(24)20-9-5-6-10-21(20)23/h2-10,16H,1,11-15H2. The Kier molecular flexibility index (Phi) is 4.74. The van der Waals surface area contributed by atoms with Crippen LogP contribution in [-0.2, 0) is 0 Å². The molecule has 0 amide bonds. The van der Waals surface area contributed by atoms with Crippen LogP contribution in [0.15, 0.2) is 66.8 Å². The maximum Gasteiger partial charge on any atom is 0.0260 e. The average Bonchev–Trinajstić information content (AvgIpc) is 2.77. The number of rotatable bonds is 2. The molecule has 0 radical (unpaired) electrons. The number of hydrogen-bond donors (Lipinski definition) is 0. The maximum atomic E-state index is 3.88. The summed E-state index contributed by atoms with van der Waals surface area (Å²) in [5, 5.41) is 0. The number of nitrogens with zero attached hydrogens (tertiary/aromatic N) is 1. The van der Waals surface area contributed by atoms with E-state index in [2.05, 4.69) is 82.0 Å². The van der Waals surface area contributed by atoms with Crippen molar-refractivity contribution in [3.05, 3.63) is 89.0 Å². The van der Waals surface area contributed by atoms with Crippen LogP contribution in [-0.4, -0.2) is 24.5 Å². The van der Waals surface area contributed by atoms with E-state index in [1.54, 1.807) is 5.57 Å². The minimum Gasteiger partial charge on any atom is -0.299 e. The predicted molar refractivity (Wildman–Crippen MR) is 112 cm³/mol. The Hall–Kier alpha value is -1.90. The molecule has 1 heterocycles. The summed E-state index contributed by atoms with van der Waals surface area (Å²) in [7, 11) is 0. The highest BCUT2D eigenvalue weighted by Gasteiger charge is 2.23. The number of halogens is 1. The maximum absolute atomic E-state index is 3.88. The van der Waals surface area contributed by atoms with Crippen LogP contribution in [0.2, 0.25) is 0 Å². The normalized spacial score (nSPS) is 17.4. The van der Waals surface area contributed by atoms with Crippen LogP contribution >= 0.6 is 15.9 Å². The fourth-order valence-corrected chi connectivity index (χ4v) is 4.53. The molecule has 1 aliphatic heterocycles. The van der Waals surface area contributed by atoms with E-state index < -0.39 is 0 Å². The van der Waals surface area contributed by atoms with Crippen molar-refractivity contribution in [3.8, 4) is 0 Å². The van der Waals surface area contributed by atoms with E-state index in [9.17, 15) is 0 Å². The Labute approximate surface area is 158 Å². The molecule has 1 nitrogen and oxygen atoms in total. The third-order valence-electron chi connectivity index (χ3n) is 5.17.